The Morgan fingerprint density at radius 1 is 1.19 bits per heavy atom. The molecule has 3 aromatic rings. The van der Waals surface area contributed by atoms with Crippen LogP contribution in [0, 0.1) is 17.0 Å². The zero-order valence-corrected chi connectivity index (χ0v) is 14.7. The highest BCUT2D eigenvalue weighted by Crippen LogP contribution is 2.26. The number of benzene rings is 2. The highest BCUT2D eigenvalue weighted by Gasteiger charge is 2.10. The molecule has 0 fully saturated rings. The minimum absolute atomic E-state index is 0.0192. The number of amides is 1. The number of ether oxygens (including phenoxy) is 1. The van der Waals surface area contributed by atoms with E-state index >= 15 is 0 Å². The fraction of sp³-hybridized carbons (Fsp3) is 0.111. The second-order valence-corrected chi connectivity index (χ2v) is 6.35. The predicted molar refractivity (Wildman–Crippen MR) is 99.5 cm³/mol. The fourth-order valence-electron chi connectivity index (χ4n) is 2.16. The maximum absolute atomic E-state index is 12.0. The number of nitro benzene ring substituents is 1. The summed E-state index contributed by atoms with van der Waals surface area (Å²) in [7, 11) is 0. The highest BCUT2D eigenvalue weighted by molar-refractivity contribution is 7.14. The predicted octanol–water partition coefficient (Wildman–Crippen LogP) is 4.04. The van der Waals surface area contributed by atoms with Gasteiger partial charge in [0.2, 0.25) is 0 Å². The number of hydrogen-bond acceptors (Lipinski definition) is 6. The van der Waals surface area contributed by atoms with E-state index in [1.165, 1.54) is 23.5 Å². The van der Waals surface area contributed by atoms with Crippen molar-refractivity contribution in [3.63, 3.8) is 0 Å². The third-order valence-electron chi connectivity index (χ3n) is 3.52. The number of non-ortho nitro benzene ring substituents is 1. The number of nitrogens with one attached hydrogen (secondary N) is 1. The molecule has 0 unspecified atom stereocenters. The van der Waals surface area contributed by atoms with Gasteiger partial charge in [0.1, 0.15) is 5.75 Å². The summed E-state index contributed by atoms with van der Waals surface area (Å²) >= 11 is 1.27. The monoisotopic (exact) mass is 369 g/mol. The summed E-state index contributed by atoms with van der Waals surface area (Å²) in [5.74, 6) is 0.312. The van der Waals surface area contributed by atoms with Crippen LogP contribution in [0.5, 0.6) is 5.75 Å². The Hall–Kier alpha value is -3.26. The Morgan fingerprint density at radius 2 is 1.88 bits per heavy atom. The van der Waals surface area contributed by atoms with Gasteiger partial charge in [-0.2, -0.15) is 0 Å². The van der Waals surface area contributed by atoms with Gasteiger partial charge >= 0.3 is 0 Å². The number of rotatable bonds is 6. The molecule has 1 amide bonds. The van der Waals surface area contributed by atoms with Gasteiger partial charge in [-0.3, -0.25) is 20.2 Å². The van der Waals surface area contributed by atoms with Gasteiger partial charge in [0.25, 0.3) is 11.6 Å². The molecule has 3 rings (SSSR count). The van der Waals surface area contributed by atoms with E-state index in [9.17, 15) is 14.9 Å². The van der Waals surface area contributed by atoms with Gasteiger partial charge in [-0.1, -0.05) is 17.7 Å². The number of nitrogens with zero attached hydrogens (tertiary/aromatic N) is 2. The molecule has 0 aliphatic rings. The van der Waals surface area contributed by atoms with E-state index in [2.05, 4.69) is 10.3 Å². The van der Waals surface area contributed by atoms with Crippen molar-refractivity contribution in [3.05, 3.63) is 69.6 Å². The Morgan fingerprint density at radius 3 is 2.54 bits per heavy atom. The maximum atomic E-state index is 12.0. The van der Waals surface area contributed by atoms with Gasteiger partial charge in [0, 0.05) is 23.1 Å². The van der Waals surface area contributed by atoms with E-state index in [0.29, 0.717) is 16.6 Å². The molecule has 26 heavy (non-hydrogen) atoms. The van der Waals surface area contributed by atoms with Crippen molar-refractivity contribution in [1.29, 1.82) is 0 Å². The van der Waals surface area contributed by atoms with Crippen molar-refractivity contribution in [2.24, 2.45) is 0 Å². The summed E-state index contributed by atoms with van der Waals surface area (Å²) in [4.78, 5) is 26.5. The largest absolute Gasteiger partial charge is 0.484 e. The van der Waals surface area contributed by atoms with Gasteiger partial charge in [0.15, 0.2) is 11.7 Å². The normalized spacial score (nSPS) is 10.3. The molecule has 1 aromatic heterocycles. The first-order valence-corrected chi connectivity index (χ1v) is 8.59. The van der Waals surface area contributed by atoms with E-state index in [0.717, 1.165) is 11.1 Å². The molecule has 8 heteroatoms. The Bertz CT molecular complexity index is 920. The number of hydrogen-bond donors (Lipinski definition) is 1. The average Bonchev–Trinajstić information content (AvgIpc) is 3.10. The molecule has 0 aliphatic carbocycles. The SMILES string of the molecule is Cc1ccc(OCC(=O)Nc2nc(-c3ccc([N+](=O)[O-])cc3)cs2)cc1. The number of aryl methyl sites for hydroxylation is 1. The molecule has 1 N–H and O–H groups in total. The van der Waals surface area contributed by atoms with Crippen LogP contribution in [0.2, 0.25) is 0 Å². The zero-order chi connectivity index (χ0) is 18.5. The van der Waals surface area contributed by atoms with Crippen LogP contribution in [-0.2, 0) is 4.79 Å². The van der Waals surface area contributed by atoms with Gasteiger partial charge in [-0.15, -0.1) is 11.3 Å². The van der Waals surface area contributed by atoms with Crippen molar-refractivity contribution >= 4 is 28.1 Å². The minimum atomic E-state index is -0.454. The summed E-state index contributed by atoms with van der Waals surface area (Å²) in [6.07, 6.45) is 0. The first-order valence-electron chi connectivity index (χ1n) is 7.71. The van der Waals surface area contributed by atoms with Crippen molar-refractivity contribution in [2.45, 2.75) is 6.92 Å². The number of aromatic nitrogens is 1. The van der Waals surface area contributed by atoms with E-state index in [1.807, 2.05) is 19.1 Å². The van der Waals surface area contributed by atoms with Crippen LogP contribution >= 0.6 is 11.3 Å². The molecule has 2 aromatic carbocycles. The molecule has 0 atom stereocenters. The summed E-state index contributed by atoms with van der Waals surface area (Å²) < 4.78 is 5.42. The molecule has 7 nitrogen and oxygen atoms in total. The van der Waals surface area contributed by atoms with Crippen LogP contribution < -0.4 is 10.1 Å². The third kappa shape index (κ3) is 4.42. The number of nitro groups is 1. The number of anilines is 1. The first-order chi connectivity index (χ1) is 12.5. The topological polar surface area (TPSA) is 94.4 Å². The van der Waals surface area contributed by atoms with Crippen LogP contribution in [0.25, 0.3) is 11.3 Å². The molecule has 0 bridgehead atoms. The third-order valence-corrected chi connectivity index (χ3v) is 4.27. The van der Waals surface area contributed by atoms with Crippen molar-refractivity contribution in [3.8, 4) is 17.0 Å². The van der Waals surface area contributed by atoms with Gasteiger partial charge < -0.3 is 4.74 Å². The van der Waals surface area contributed by atoms with Gasteiger partial charge in [-0.05, 0) is 31.2 Å². The minimum Gasteiger partial charge on any atom is -0.484 e. The lowest BCUT2D eigenvalue weighted by Gasteiger charge is -2.05. The second kappa shape index (κ2) is 7.75. The zero-order valence-electron chi connectivity index (χ0n) is 13.8. The van der Waals surface area contributed by atoms with Gasteiger partial charge in [0.05, 0.1) is 10.6 Å². The molecule has 0 aliphatic heterocycles. The van der Waals surface area contributed by atoms with E-state index in [1.54, 1.807) is 29.6 Å². The summed E-state index contributed by atoms with van der Waals surface area (Å²) in [6, 6.07) is 13.5. The van der Waals surface area contributed by atoms with Crippen LogP contribution in [0.1, 0.15) is 5.56 Å². The number of thiazole rings is 1. The number of carbonyl (C=O) groups is 1. The van der Waals surface area contributed by atoms with E-state index in [4.69, 9.17) is 4.74 Å². The Kier molecular flexibility index (Phi) is 5.23. The molecule has 0 saturated carbocycles. The molecule has 0 spiro atoms. The van der Waals surface area contributed by atoms with Crippen LogP contribution in [-0.4, -0.2) is 22.4 Å². The molecule has 1 heterocycles. The first kappa shape index (κ1) is 17.6. The second-order valence-electron chi connectivity index (χ2n) is 5.49. The molecule has 132 valence electrons. The molecular weight excluding hydrogens is 354 g/mol. The summed E-state index contributed by atoms with van der Waals surface area (Å²) in [6.45, 7) is 1.86. The fourth-order valence-corrected chi connectivity index (χ4v) is 2.89. The number of carbonyl (C=O) groups excluding carboxylic acids is 1. The van der Waals surface area contributed by atoms with Crippen molar-refractivity contribution in [1.82, 2.24) is 4.98 Å². The molecule has 0 saturated heterocycles. The van der Waals surface area contributed by atoms with Crippen molar-refractivity contribution in [2.75, 3.05) is 11.9 Å². The smallest absolute Gasteiger partial charge is 0.269 e. The molecule has 0 radical (unpaired) electrons. The van der Waals surface area contributed by atoms with Gasteiger partial charge in [-0.25, -0.2) is 4.98 Å². The standard InChI is InChI=1S/C18H15N3O4S/c1-12-2-8-15(9-3-12)25-10-17(22)20-18-19-16(11-26-18)13-4-6-14(7-5-13)21(23)24/h2-9,11H,10H2,1H3,(H,19,20,22). The van der Waals surface area contributed by atoms with Crippen LogP contribution in [0.4, 0.5) is 10.8 Å². The van der Waals surface area contributed by atoms with Crippen molar-refractivity contribution < 1.29 is 14.5 Å². The molecular formula is C18H15N3O4S. The Balaban J connectivity index is 1.58. The van der Waals surface area contributed by atoms with Crippen LogP contribution in [0.3, 0.4) is 0 Å². The summed E-state index contributed by atoms with van der Waals surface area (Å²) in [5.41, 5.74) is 2.51. The van der Waals surface area contributed by atoms with Crippen LogP contribution in [0.15, 0.2) is 53.9 Å². The lowest BCUT2D eigenvalue weighted by Crippen LogP contribution is -2.20. The lowest BCUT2D eigenvalue weighted by atomic mass is 10.1. The maximum Gasteiger partial charge on any atom is 0.269 e. The van der Waals surface area contributed by atoms with E-state index in [-0.39, 0.29) is 18.2 Å². The Labute approximate surface area is 153 Å². The summed E-state index contributed by atoms with van der Waals surface area (Å²) in [5, 5.41) is 15.6. The average molecular weight is 369 g/mol. The quantitative estimate of drug-likeness (QED) is 0.523. The lowest BCUT2D eigenvalue weighted by molar-refractivity contribution is -0.384. The van der Waals surface area contributed by atoms with E-state index < -0.39 is 4.92 Å². The highest BCUT2D eigenvalue weighted by atomic mass is 32.1.